The molecule has 0 saturated heterocycles. The molecule has 0 fully saturated rings. The van der Waals surface area contributed by atoms with Gasteiger partial charge in [0, 0.05) is 13.1 Å². The van der Waals surface area contributed by atoms with Crippen LogP contribution in [-0.2, 0) is 10.0 Å². The first-order valence-electron chi connectivity index (χ1n) is 5.66. The van der Waals surface area contributed by atoms with Gasteiger partial charge in [0.1, 0.15) is 9.77 Å². The van der Waals surface area contributed by atoms with Gasteiger partial charge < -0.3 is 5.11 Å². The number of carboxylic acid groups (broad SMARTS) is 1. The largest absolute Gasteiger partial charge is 0.477 e. The number of aromatic carboxylic acids is 1. The minimum Gasteiger partial charge on any atom is -0.477 e. The number of nitriles is 1. The summed E-state index contributed by atoms with van der Waals surface area (Å²) in [7, 11) is -3.82. The molecule has 0 amide bonds. The Kier molecular flexibility index (Phi) is 5.70. The summed E-state index contributed by atoms with van der Waals surface area (Å²) >= 11 is 3.93. The summed E-state index contributed by atoms with van der Waals surface area (Å²) in [5.74, 6) is -1.62. The van der Waals surface area contributed by atoms with E-state index in [0.717, 1.165) is 17.4 Å². The van der Waals surface area contributed by atoms with Crippen LogP contribution >= 0.6 is 27.3 Å². The molecule has 110 valence electrons. The molecule has 1 atom stereocenters. The second-order valence-electron chi connectivity index (χ2n) is 4.04. The second-order valence-corrected chi connectivity index (χ2v) is 8.32. The molecule has 1 rings (SSSR count). The molecule has 20 heavy (non-hydrogen) atoms. The summed E-state index contributed by atoms with van der Waals surface area (Å²) in [5, 5.41) is 17.7. The molecule has 0 spiro atoms. The molecule has 0 aromatic carbocycles. The van der Waals surface area contributed by atoms with Crippen LogP contribution in [0.1, 0.15) is 23.5 Å². The van der Waals surface area contributed by atoms with E-state index >= 15 is 0 Å². The van der Waals surface area contributed by atoms with Gasteiger partial charge in [-0.05, 0) is 28.9 Å². The van der Waals surface area contributed by atoms with Gasteiger partial charge in [0.05, 0.1) is 15.8 Å². The highest BCUT2D eigenvalue weighted by atomic mass is 79.9. The highest BCUT2D eigenvalue weighted by molar-refractivity contribution is 9.11. The summed E-state index contributed by atoms with van der Waals surface area (Å²) in [6.07, 6.45) is 0. The van der Waals surface area contributed by atoms with E-state index in [1.165, 1.54) is 4.31 Å². The van der Waals surface area contributed by atoms with Crippen LogP contribution in [0.2, 0.25) is 0 Å². The number of nitrogens with zero attached hydrogens (tertiary/aromatic N) is 2. The maximum atomic E-state index is 12.5. The topological polar surface area (TPSA) is 98.5 Å². The lowest BCUT2D eigenvalue weighted by atomic mass is 10.2. The third kappa shape index (κ3) is 3.58. The molecule has 0 aliphatic rings. The highest BCUT2D eigenvalue weighted by Gasteiger charge is 2.29. The van der Waals surface area contributed by atoms with E-state index in [1.807, 2.05) is 6.07 Å². The Morgan fingerprint density at radius 1 is 1.65 bits per heavy atom. The molecule has 1 N–H and O–H groups in total. The van der Waals surface area contributed by atoms with Gasteiger partial charge in [0.2, 0.25) is 10.0 Å². The third-order valence-electron chi connectivity index (χ3n) is 2.53. The predicted octanol–water partition coefficient (Wildman–Crippen LogP) is 2.38. The fraction of sp³-hybridized carbons (Fsp3) is 0.455. The Balaban J connectivity index is 3.21. The van der Waals surface area contributed by atoms with Gasteiger partial charge in [0.25, 0.3) is 0 Å². The maximum absolute atomic E-state index is 12.5. The van der Waals surface area contributed by atoms with Crippen LogP contribution in [-0.4, -0.2) is 36.9 Å². The average molecular weight is 381 g/mol. The number of hydrogen-bond donors (Lipinski definition) is 1. The number of rotatable bonds is 6. The Bertz CT molecular complexity index is 648. The molecule has 0 saturated carbocycles. The van der Waals surface area contributed by atoms with Crippen molar-refractivity contribution in [1.82, 2.24) is 4.31 Å². The Morgan fingerprint density at radius 2 is 2.25 bits per heavy atom. The van der Waals surface area contributed by atoms with Crippen molar-refractivity contribution in [2.45, 2.75) is 18.7 Å². The summed E-state index contributed by atoms with van der Waals surface area (Å²) in [4.78, 5) is 10.8. The number of carbonyl (C=O) groups is 1. The predicted molar refractivity (Wildman–Crippen MR) is 78.2 cm³/mol. The van der Waals surface area contributed by atoms with Gasteiger partial charge in [-0.3, -0.25) is 0 Å². The molecule has 1 aromatic heterocycles. The van der Waals surface area contributed by atoms with E-state index in [2.05, 4.69) is 15.9 Å². The molecule has 0 bridgehead atoms. The molecule has 1 heterocycles. The SMILES string of the molecule is CCN(CC(C)C#N)S(=O)(=O)c1cc(C(=O)O)sc1Br. The molecule has 1 unspecified atom stereocenters. The van der Waals surface area contributed by atoms with Crippen molar-refractivity contribution in [3.8, 4) is 6.07 Å². The summed E-state index contributed by atoms with van der Waals surface area (Å²) in [5.41, 5.74) is 0. The van der Waals surface area contributed by atoms with Gasteiger partial charge >= 0.3 is 5.97 Å². The first kappa shape index (κ1) is 17.1. The fourth-order valence-corrected chi connectivity index (χ4v) is 5.41. The Labute approximate surface area is 129 Å². The van der Waals surface area contributed by atoms with Gasteiger partial charge in [-0.25, -0.2) is 13.2 Å². The van der Waals surface area contributed by atoms with Crippen molar-refractivity contribution < 1.29 is 18.3 Å². The van der Waals surface area contributed by atoms with E-state index in [1.54, 1.807) is 13.8 Å². The number of halogens is 1. The standard InChI is InChI=1S/C11H13BrN2O4S2/c1-3-14(6-7(2)5-13)20(17,18)9-4-8(11(15)16)19-10(9)12/h4,7H,3,6H2,1-2H3,(H,15,16). The summed E-state index contributed by atoms with van der Waals surface area (Å²) in [6.45, 7) is 3.57. The molecule has 9 heteroatoms. The zero-order chi connectivity index (χ0) is 15.5. The van der Waals surface area contributed by atoms with Crippen LogP contribution in [0.4, 0.5) is 0 Å². The average Bonchev–Trinajstić information content (AvgIpc) is 2.78. The van der Waals surface area contributed by atoms with Gasteiger partial charge in [-0.1, -0.05) is 6.92 Å². The monoisotopic (exact) mass is 380 g/mol. The van der Waals surface area contributed by atoms with E-state index < -0.39 is 21.9 Å². The Hall–Kier alpha value is -0.950. The van der Waals surface area contributed by atoms with Crippen molar-refractivity contribution in [3.63, 3.8) is 0 Å². The second kappa shape index (κ2) is 6.67. The highest BCUT2D eigenvalue weighted by Crippen LogP contribution is 2.33. The van der Waals surface area contributed by atoms with E-state index in [0.29, 0.717) is 0 Å². The van der Waals surface area contributed by atoms with Crippen molar-refractivity contribution in [3.05, 3.63) is 14.7 Å². The maximum Gasteiger partial charge on any atom is 0.345 e. The smallest absolute Gasteiger partial charge is 0.345 e. The van der Waals surface area contributed by atoms with Gasteiger partial charge in [0.15, 0.2) is 0 Å². The zero-order valence-corrected chi connectivity index (χ0v) is 14.0. The molecular weight excluding hydrogens is 368 g/mol. The van der Waals surface area contributed by atoms with Crippen LogP contribution in [0.15, 0.2) is 14.7 Å². The normalized spacial score (nSPS) is 13.2. The molecular formula is C11H13BrN2O4S2. The minimum absolute atomic E-state index is 0.0557. The van der Waals surface area contributed by atoms with Crippen molar-refractivity contribution in [2.75, 3.05) is 13.1 Å². The number of hydrogen-bond acceptors (Lipinski definition) is 5. The Morgan fingerprint density at radius 3 is 2.65 bits per heavy atom. The number of thiophene rings is 1. The van der Waals surface area contributed by atoms with Crippen molar-refractivity contribution >= 4 is 43.3 Å². The molecule has 0 aliphatic carbocycles. The number of sulfonamides is 1. The lowest BCUT2D eigenvalue weighted by Gasteiger charge is -2.21. The van der Waals surface area contributed by atoms with E-state index in [-0.39, 0.29) is 26.6 Å². The van der Waals surface area contributed by atoms with E-state index in [4.69, 9.17) is 10.4 Å². The zero-order valence-electron chi connectivity index (χ0n) is 10.8. The molecule has 1 aromatic rings. The minimum atomic E-state index is -3.82. The summed E-state index contributed by atoms with van der Waals surface area (Å²) in [6, 6.07) is 3.11. The van der Waals surface area contributed by atoms with Crippen LogP contribution in [0.25, 0.3) is 0 Å². The molecule has 6 nitrogen and oxygen atoms in total. The van der Waals surface area contributed by atoms with Crippen LogP contribution in [0, 0.1) is 17.2 Å². The van der Waals surface area contributed by atoms with Crippen LogP contribution in [0.3, 0.4) is 0 Å². The first-order valence-corrected chi connectivity index (χ1v) is 8.71. The first-order chi connectivity index (χ1) is 9.23. The van der Waals surface area contributed by atoms with Gasteiger partial charge in [-0.2, -0.15) is 9.57 Å². The van der Waals surface area contributed by atoms with Crippen molar-refractivity contribution in [2.24, 2.45) is 5.92 Å². The third-order valence-corrected chi connectivity index (χ3v) is 6.72. The summed E-state index contributed by atoms with van der Waals surface area (Å²) < 4.78 is 26.4. The lowest BCUT2D eigenvalue weighted by Crippen LogP contribution is -2.34. The lowest BCUT2D eigenvalue weighted by molar-refractivity contribution is 0.0702. The van der Waals surface area contributed by atoms with Crippen molar-refractivity contribution in [1.29, 1.82) is 5.26 Å². The van der Waals surface area contributed by atoms with Crippen LogP contribution < -0.4 is 0 Å². The van der Waals surface area contributed by atoms with Gasteiger partial charge in [-0.15, -0.1) is 11.3 Å². The molecule has 0 aliphatic heterocycles. The quantitative estimate of drug-likeness (QED) is 0.816. The molecule has 0 radical (unpaired) electrons. The fourth-order valence-electron chi connectivity index (χ4n) is 1.52. The van der Waals surface area contributed by atoms with Crippen LogP contribution in [0.5, 0.6) is 0 Å². The van der Waals surface area contributed by atoms with E-state index in [9.17, 15) is 13.2 Å². The number of carboxylic acids is 1.